The van der Waals surface area contributed by atoms with Crippen molar-refractivity contribution in [1.82, 2.24) is 0 Å². The van der Waals surface area contributed by atoms with Crippen molar-refractivity contribution in [2.45, 2.75) is 24.4 Å². The molecular formula is C28H14AlBF15O-. The Morgan fingerprint density at radius 3 is 0.978 bits per heavy atom. The lowest BCUT2D eigenvalue weighted by molar-refractivity contribution is 0.380. The Bertz CT molecular complexity index is 1620. The quantitative estimate of drug-likeness (QED) is 0.0883. The van der Waals surface area contributed by atoms with E-state index in [4.69, 9.17) is 3.79 Å². The molecule has 0 saturated carbocycles. The Morgan fingerprint density at radius 2 is 0.696 bits per heavy atom. The first-order valence-electron chi connectivity index (χ1n) is 13.0. The molecule has 0 fully saturated rings. The molecule has 1 nitrogen and oxygen atoms in total. The van der Waals surface area contributed by atoms with Gasteiger partial charge in [-0.2, -0.15) is 5.46 Å². The van der Waals surface area contributed by atoms with Crippen molar-refractivity contribution in [3.63, 3.8) is 0 Å². The zero-order valence-electron chi connectivity index (χ0n) is 23.0. The SMILES string of the molecule is C[CH2][Al]([CH2]C)[O]c1ccccc1[B-](c1c(F)c(F)c(F)c(F)c1F)(c1c(F)c(F)c(F)c(F)c1F)c1c(F)c(F)c(F)c(F)c1F. The van der Waals surface area contributed by atoms with Crippen molar-refractivity contribution >= 4 is 42.5 Å². The van der Waals surface area contributed by atoms with Crippen molar-refractivity contribution < 1.29 is 69.6 Å². The van der Waals surface area contributed by atoms with Crippen LogP contribution >= 0.6 is 0 Å². The van der Waals surface area contributed by atoms with Gasteiger partial charge in [0.05, 0.1) is 0 Å². The molecule has 0 bridgehead atoms. The predicted octanol–water partition coefficient (Wildman–Crippen LogP) is 6.56. The molecule has 18 heteroatoms. The monoisotopic (exact) mass is 689 g/mol. The Balaban J connectivity index is 2.56. The molecule has 0 aliphatic heterocycles. The number of rotatable bonds is 8. The summed E-state index contributed by atoms with van der Waals surface area (Å²) in [5.41, 5.74) is -9.57. The predicted molar refractivity (Wildman–Crippen MR) is 137 cm³/mol. The minimum absolute atomic E-state index is 0.165. The lowest BCUT2D eigenvalue weighted by Gasteiger charge is -2.45. The minimum Gasteiger partial charge on any atom is -0.645 e. The molecule has 244 valence electrons. The van der Waals surface area contributed by atoms with E-state index in [-0.39, 0.29) is 10.6 Å². The Kier molecular flexibility index (Phi) is 9.76. The van der Waals surface area contributed by atoms with Gasteiger partial charge in [0.25, 0.3) is 0 Å². The van der Waals surface area contributed by atoms with Gasteiger partial charge in [0.1, 0.15) is 41.0 Å². The van der Waals surface area contributed by atoms with Crippen LogP contribution in [0.25, 0.3) is 0 Å². The van der Waals surface area contributed by atoms with E-state index in [2.05, 4.69) is 0 Å². The van der Waals surface area contributed by atoms with Crippen LogP contribution in [0.3, 0.4) is 0 Å². The zero-order chi connectivity index (χ0) is 34.6. The normalized spacial score (nSPS) is 11.8. The summed E-state index contributed by atoms with van der Waals surface area (Å²) in [6.07, 6.45) is -5.90. The molecule has 0 atom stereocenters. The molecule has 0 N–H and O–H groups in total. The van der Waals surface area contributed by atoms with Crippen molar-refractivity contribution in [1.29, 1.82) is 0 Å². The van der Waals surface area contributed by atoms with E-state index >= 15 is 26.3 Å². The van der Waals surface area contributed by atoms with Crippen LogP contribution in [0.5, 0.6) is 5.75 Å². The maximum Gasteiger partial charge on any atom is 0.546 e. The summed E-state index contributed by atoms with van der Waals surface area (Å²) in [7, 11) is 0. The maximum absolute atomic E-state index is 15.8. The molecule has 0 spiro atoms. The smallest absolute Gasteiger partial charge is 0.546 e. The lowest BCUT2D eigenvalue weighted by atomic mass is 9.12. The van der Waals surface area contributed by atoms with Crippen molar-refractivity contribution in [3.8, 4) is 5.75 Å². The van der Waals surface area contributed by atoms with Crippen molar-refractivity contribution in [2.24, 2.45) is 0 Å². The first-order valence-corrected chi connectivity index (χ1v) is 15.1. The lowest BCUT2D eigenvalue weighted by Crippen LogP contribution is -2.79. The maximum atomic E-state index is 15.8. The summed E-state index contributed by atoms with van der Waals surface area (Å²) >= 11 is -2.63. The second-order valence-electron chi connectivity index (χ2n) is 9.91. The minimum atomic E-state index is -5.90. The molecule has 0 heterocycles. The fourth-order valence-electron chi connectivity index (χ4n) is 5.49. The first kappa shape index (κ1) is 35.1. The molecule has 0 saturated heterocycles. The second kappa shape index (κ2) is 12.8. The third-order valence-corrected chi connectivity index (χ3v) is 10.0. The molecular weight excluding hydrogens is 675 g/mol. The highest BCUT2D eigenvalue weighted by Gasteiger charge is 2.50. The molecule has 0 amide bonds. The Hall–Kier alpha value is -3.77. The van der Waals surface area contributed by atoms with E-state index in [9.17, 15) is 39.5 Å². The van der Waals surface area contributed by atoms with Crippen LogP contribution in [0.15, 0.2) is 24.3 Å². The third-order valence-electron chi connectivity index (χ3n) is 7.62. The van der Waals surface area contributed by atoms with Gasteiger partial charge in [-0.05, 0) is 6.07 Å². The number of para-hydroxylation sites is 1. The summed E-state index contributed by atoms with van der Waals surface area (Å²) in [4.78, 5) is 0. The van der Waals surface area contributed by atoms with E-state index < -0.39 is 135 Å². The third kappa shape index (κ3) is 5.00. The van der Waals surface area contributed by atoms with Gasteiger partial charge in [-0.3, -0.25) is 0 Å². The standard InChI is InChI=1S/C24H5BF15O.2C2H5.Al/c26-10-7(11(27)17(33)22(38)16(10)32)25(5-3-1-2-4-6(5)41,8-12(28)18(34)23(39)19(35)13(8)29)9-14(30)20(36)24(40)21(37)15(9)31;2*1-2;/h1-4,41H;2*1H2,2H3;/q-1;;;+1/p-1. The van der Waals surface area contributed by atoms with Crippen molar-refractivity contribution in [3.05, 3.63) is 112 Å². The van der Waals surface area contributed by atoms with Gasteiger partial charge in [0.2, 0.25) is 0 Å². The van der Waals surface area contributed by atoms with E-state index in [0.717, 1.165) is 18.2 Å². The number of hydrogen-bond donors (Lipinski definition) is 0. The average molecular weight is 689 g/mol. The number of benzene rings is 4. The topological polar surface area (TPSA) is 9.23 Å². The van der Waals surface area contributed by atoms with Gasteiger partial charge in [-0.1, -0.05) is 42.6 Å². The summed E-state index contributed by atoms with van der Waals surface area (Å²) in [5.74, 6) is -46.7. The molecule has 0 unspecified atom stereocenters. The fraction of sp³-hybridized carbons (Fsp3) is 0.143. The highest BCUT2D eigenvalue weighted by Crippen LogP contribution is 2.30. The van der Waals surface area contributed by atoms with Crippen LogP contribution in [0.1, 0.15) is 13.8 Å². The molecule has 0 aliphatic rings. The zero-order valence-corrected chi connectivity index (χ0v) is 24.1. The van der Waals surface area contributed by atoms with Gasteiger partial charge in [0, 0.05) is 5.75 Å². The Labute approximate surface area is 253 Å². The van der Waals surface area contributed by atoms with Crippen LogP contribution in [-0.4, -0.2) is 20.6 Å². The van der Waals surface area contributed by atoms with Crippen molar-refractivity contribution in [2.75, 3.05) is 0 Å². The number of halogens is 15. The number of hydrogen-bond acceptors (Lipinski definition) is 1. The molecule has 4 rings (SSSR count). The van der Waals surface area contributed by atoms with E-state index in [1.165, 1.54) is 13.8 Å². The van der Waals surface area contributed by atoms with Gasteiger partial charge >= 0.3 is 14.5 Å². The molecule has 4 aromatic rings. The average Bonchev–Trinajstić information content (AvgIpc) is 3.05. The molecule has 0 aliphatic carbocycles. The molecule has 0 aromatic heterocycles. The molecule has 4 aromatic carbocycles. The highest BCUT2D eigenvalue weighted by molar-refractivity contribution is 7.20. The fourth-order valence-corrected chi connectivity index (χ4v) is 6.97. The van der Waals surface area contributed by atoms with Crippen LogP contribution in [0.4, 0.5) is 65.9 Å². The van der Waals surface area contributed by atoms with Crippen LogP contribution in [0, 0.1) is 87.3 Å². The molecule has 46 heavy (non-hydrogen) atoms. The summed E-state index contributed by atoms with van der Waals surface area (Å²) in [6, 6.07) is 2.94. The van der Waals surface area contributed by atoms with E-state index in [0.29, 0.717) is 6.07 Å². The second-order valence-corrected chi connectivity index (χ2v) is 13.0. The summed E-state index contributed by atoms with van der Waals surface area (Å²) < 4.78 is 232. The largest absolute Gasteiger partial charge is 0.645 e. The van der Waals surface area contributed by atoms with Crippen LogP contribution < -0.4 is 25.6 Å². The molecule has 0 radical (unpaired) electrons. The van der Waals surface area contributed by atoms with Gasteiger partial charge in [-0.25, -0.2) is 65.9 Å². The Morgan fingerprint density at radius 1 is 0.435 bits per heavy atom. The van der Waals surface area contributed by atoms with E-state index in [1.54, 1.807) is 0 Å². The van der Waals surface area contributed by atoms with Gasteiger partial charge < -0.3 is 3.79 Å². The van der Waals surface area contributed by atoms with Gasteiger partial charge in [0.15, 0.2) is 52.4 Å². The first-order chi connectivity index (χ1) is 21.5. The van der Waals surface area contributed by atoms with Gasteiger partial charge in [-0.15, -0.1) is 16.4 Å². The van der Waals surface area contributed by atoms with Crippen LogP contribution in [-0.2, 0) is 0 Å². The van der Waals surface area contributed by atoms with E-state index in [1.807, 2.05) is 0 Å². The summed E-state index contributed by atoms with van der Waals surface area (Å²) in [6.45, 7) is 3.05. The summed E-state index contributed by atoms with van der Waals surface area (Å²) in [5, 5.41) is 0.330. The highest BCUT2D eigenvalue weighted by atomic mass is 27.2. The van der Waals surface area contributed by atoms with Crippen LogP contribution in [0.2, 0.25) is 10.6 Å².